The van der Waals surface area contributed by atoms with E-state index in [0.717, 1.165) is 32.1 Å². The van der Waals surface area contributed by atoms with Gasteiger partial charge in [0, 0.05) is 6.54 Å². The lowest BCUT2D eigenvalue weighted by atomic mass is 9.50. The van der Waals surface area contributed by atoms with Crippen LogP contribution >= 0.6 is 0 Å². The zero-order valence-electron chi connectivity index (χ0n) is 19.6. The number of sulfonamides is 1. The van der Waals surface area contributed by atoms with E-state index < -0.39 is 32.4 Å². The van der Waals surface area contributed by atoms with Crippen LogP contribution in [0.1, 0.15) is 76.0 Å². The van der Waals surface area contributed by atoms with Crippen LogP contribution in [0.5, 0.6) is 0 Å². The van der Waals surface area contributed by atoms with Crippen molar-refractivity contribution >= 4 is 10.0 Å². The van der Waals surface area contributed by atoms with E-state index >= 15 is 0 Å². The summed E-state index contributed by atoms with van der Waals surface area (Å²) in [5, 5.41) is 0. The Morgan fingerprint density at radius 3 is 2.36 bits per heavy atom. The van der Waals surface area contributed by atoms with Gasteiger partial charge in [-0.1, -0.05) is 52.3 Å². The molecule has 7 heteroatoms. The molecule has 0 amide bonds. The van der Waals surface area contributed by atoms with Gasteiger partial charge < -0.3 is 0 Å². The highest BCUT2D eigenvalue weighted by Crippen LogP contribution is 2.57. The van der Waals surface area contributed by atoms with Crippen LogP contribution in [0.3, 0.4) is 0 Å². The number of hydrogen-bond donors (Lipinski definition) is 1. The minimum atomic E-state index is -4.19. The van der Waals surface area contributed by atoms with E-state index in [0.29, 0.717) is 18.1 Å². The number of aryl methyl sites for hydroxylation is 1. The van der Waals surface area contributed by atoms with Gasteiger partial charge in [0.05, 0.1) is 4.90 Å². The van der Waals surface area contributed by atoms with Crippen molar-refractivity contribution in [1.82, 2.24) is 4.72 Å². The normalized spacial score (nSPS) is 27.3. The van der Waals surface area contributed by atoms with Gasteiger partial charge >= 0.3 is 0 Å². The SMILES string of the molecule is CC(C)c1ccc2c(c1)CC[C@H]1[C@](C)(CNS(=O)(=O)c3cc(F)c(F)c(F)c3)CCC[C@]21C. The molecule has 1 N–H and O–H groups in total. The van der Waals surface area contributed by atoms with Crippen molar-refractivity contribution in [2.45, 2.75) is 76.0 Å². The maximum Gasteiger partial charge on any atom is 0.240 e. The maximum atomic E-state index is 13.6. The molecule has 2 aliphatic carbocycles. The van der Waals surface area contributed by atoms with Crippen molar-refractivity contribution in [2.24, 2.45) is 11.3 Å². The smallest absolute Gasteiger partial charge is 0.211 e. The molecule has 4 rings (SSSR count). The molecule has 3 atom stereocenters. The van der Waals surface area contributed by atoms with Gasteiger partial charge in [-0.15, -0.1) is 0 Å². The first kappa shape index (κ1) is 24.3. The predicted molar refractivity (Wildman–Crippen MR) is 123 cm³/mol. The van der Waals surface area contributed by atoms with Gasteiger partial charge in [-0.2, -0.15) is 0 Å². The topological polar surface area (TPSA) is 46.2 Å². The first-order chi connectivity index (χ1) is 15.4. The molecule has 180 valence electrons. The first-order valence-corrected chi connectivity index (χ1v) is 13.1. The van der Waals surface area contributed by atoms with Gasteiger partial charge in [0.25, 0.3) is 0 Å². The van der Waals surface area contributed by atoms with E-state index in [9.17, 15) is 21.6 Å². The molecule has 2 aromatic rings. The summed E-state index contributed by atoms with van der Waals surface area (Å²) in [6, 6.07) is 7.85. The Morgan fingerprint density at radius 1 is 1.06 bits per heavy atom. The Bertz CT molecular complexity index is 1160. The van der Waals surface area contributed by atoms with E-state index in [1.807, 2.05) is 0 Å². The van der Waals surface area contributed by atoms with E-state index in [1.165, 1.54) is 16.7 Å². The van der Waals surface area contributed by atoms with Crippen molar-refractivity contribution in [2.75, 3.05) is 6.54 Å². The monoisotopic (exact) mass is 479 g/mol. The molecule has 0 saturated heterocycles. The molecule has 3 nitrogen and oxygen atoms in total. The average Bonchev–Trinajstić information content (AvgIpc) is 2.75. The molecular weight excluding hydrogens is 447 g/mol. The van der Waals surface area contributed by atoms with Gasteiger partial charge in [-0.3, -0.25) is 0 Å². The van der Waals surface area contributed by atoms with Crippen molar-refractivity contribution in [1.29, 1.82) is 0 Å². The Balaban J connectivity index is 1.60. The van der Waals surface area contributed by atoms with Gasteiger partial charge in [-0.25, -0.2) is 26.3 Å². The largest absolute Gasteiger partial charge is 0.240 e. The van der Waals surface area contributed by atoms with Crippen LogP contribution in [0.2, 0.25) is 0 Å². The quantitative estimate of drug-likeness (QED) is 0.518. The summed E-state index contributed by atoms with van der Waals surface area (Å²) in [6.07, 6.45) is 4.79. The van der Waals surface area contributed by atoms with Crippen LogP contribution < -0.4 is 4.72 Å². The fraction of sp³-hybridized carbons (Fsp3) is 0.538. The van der Waals surface area contributed by atoms with Gasteiger partial charge in [-0.05, 0) is 77.2 Å². The maximum absolute atomic E-state index is 13.6. The highest BCUT2D eigenvalue weighted by atomic mass is 32.2. The molecular formula is C26H32F3NO2S. The molecule has 2 aromatic carbocycles. The van der Waals surface area contributed by atoms with Crippen molar-refractivity contribution in [3.05, 3.63) is 64.5 Å². The highest BCUT2D eigenvalue weighted by molar-refractivity contribution is 7.89. The summed E-state index contributed by atoms with van der Waals surface area (Å²) in [5.41, 5.74) is 3.71. The lowest BCUT2D eigenvalue weighted by Crippen LogP contribution is -2.53. The lowest BCUT2D eigenvalue weighted by Gasteiger charge is -2.55. The van der Waals surface area contributed by atoms with Crippen LogP contribution in [0.25, 0.3) is 0 Å². The molecule has 2 aliphatic rings. The third-order valence-electron chi connectivity index (χ3n) is 8.10. The van der Waals surface area contributed by atoms with E-state index in [2.05, 4.69) is 50.6 Å². The van der Waals surface area contributed by atoms with E-state index in [4.69, 9.17) is 0 Å². The molecule has 0 aromatic heterocycles. The number of hydrogen-bond acceptors (Lipinski definition) is 2. The minimum absolute atomic E-state index is 0.0599. The standard InChI is InChI=1S/C26H32F3NO2S/c1-16(2)17-6-8-20-18(12-17)7-9-23-25(3,10-5-11-26(20,23)4)15-30-33(31,32)19-13-21(27)24(29)22(28)14-19/h6,8,12-14,16,23,30H,5,7,9-11,15H2,1-4H3/t23-,25-,26+/m0/s1. The summed E-state index contributed by atoms with van der Waals surface area (Å²) >= 11 is 0. The number of fused-ring (bicyclic) bond motifs is 3. The fourth-order valence-electron chi connectivity index (χ4n) is 6.25. The average molecular weight is 480 g/mol. The van der Waals surface area contributed by atoms with Crippen LogP contribution in [0, 0.1) is 28.8 Å². The molecule has 0 radical (unpaired) electrons. The Morgan fingerprint density at radius 2 is 1.73 bits per heavy atom. The second-order valence-corrected chi connectivity index (χ2v) is 12.4. The van der Waals surface area contributed by atoms with E-state index in [-0.39, 0.29) is 23.3 Å². The van der Waals surface area contributed by atoms with Crippen LogP contribution in [0.15, 0.2) is 35.2 Å². The third kappa shape index (κ3) is 4.23. The van der Waals surface area contributed by atoms with Gasteiger partial charge in [0.2, 0.25) is 10.0 Å². The fourth-order valence-corrected chi connectivity index (χ4v) is 7.45. The summed E-state index contributed by atoms with van der Waals surface area (Å²) in [7, 11) is -4.19. The second-order valence-electron chi connectivity index (χ2n) is 10.6. The summed E-state index contributed by atoms with van der Waals surface area (Å²) < 4.78 is 68.7. The third-order valence-corrected chi connectivity index (χ3v) is 9.48. The number of rotatable bonds is 5. The van der Waals surface area contributed by atoms with Gasteiger partial charge in [0.15, 0.2) is 17.5 Å². The Labute approximate surface area is 194 Å². The molecule has 0 aliphatic heterocycles. The van der Waals surface area contributed by atoms with Gasteiger partial charge in [0.1, 0.15) is 0 Å². The Kier molecular flexibility index (Phi) is 6.19. The summed E-state index contributed by atoms with van der Waals surface area (Å²) in [4.78, 5) is -0.601. The molecule has 0 spiro atoms. The molecule has 0 bridgehead atoms. The molecule has 33 heavy (non-hydrogen) atoms. The predicted octanol–water partition coefficient (Wildman–Crippen LogP) is 6.22. The minimum Gasteiger partial charge on any atom is -0.211 e. The number of benzene rings is 2. The molecule has 1 fully saturated rings. The second kappa shape index (κ2) is 8.42. The molecule has 0 heterocycles. The summed E-state index contributed by atoms with van der Waals surface area (Å²) in [5.74, 6) is -3.98. The first-order valence-electron chi connectivity index (χ1n) is 11.6. The van der Waals surface area contributed by atoms with Crippen molar-refractivity contribution in [3.8, 4) is 0 Å². The molecule has 0 unspecified atom stereocenters. The number of halogens is 3. The summed E-state index contributed by atoms with van der Waals surface area (Å²) in [6.45, 7) is 8.95. The van der Waals surface area contributed by atoms with Crippen molar-refractivity contribution in [3.63, 3.8) is 0 Å². The van der Waals surface area contributed by atoms with E-state index in [1.54, 1.807) is 0 Å². The van der Waals surface area contributed by atoms with Crippen LogP contribution in [0.4, 0.5) is 13.2 Å². The van der Waals surface area contributed by atoms with Crippen molar-refractivity contribution < 1.29 is 21.6 Å². The van der Waals surface area contributed by atoms with Crippen LogP contribution in [-0.4, -0.2) is 15.0 Å². The molecule has 1 saturated carbocycles. The van der Waals surface area contributed by atoms with Crippen LogP contribution in [-0.2, 0) is 21.9 Å². The number of nitrogens with one attached hydrogen (secondary N) is 1. The highest BCUT2D eigenvalue weighted by Gasteiger charge is 2.51. The zero-order valence-corrected chi connectivity index (χ0v) is 20.5. The zero-order chi connectivity index (χ0) is 24.2. The lowest BCUT2D eigenvalue weighted by molar-refractivity contribution is 0.0299. The Hall–Kier alpha value is -1.86.